The molecule has 1 aromatic rings. The number of nitrogens with zero attached hydrogens (tertiary/aromatic N) is 1. The van der Waals surface area contributed by atoms with Crippen molar-refractivity contribution in [3.8, 4) is 0 Å². The molecule has 1 aliphatic rings. The lowest BCUT2D eigenvalue weighted by molar-refractivity contribution is 0.111. The number of likely N-dealkylation sites (tertiary alicyclic amines) is 1. The van der Waals surface area contributed by atoms with Gasteiger partial charge in [0.25, 0.3) is 0 Å². The maximum atomic E-state index is 10.2. The molecule has 15 heavy (non-hydrogen) atoms. The third-order valence-corrected chi connectivity index (χ3v) is 3.34. The Hall–Kier alpha value is -0.860. The Morgan fingerprint density at radius 2 is 2.13 bits per heavy atom. The van der Waals surface area contributed by atoms with E-state index in [0.29, 0.717) is 5.92 Å². The topological polar surface area (TPSA) is 23.5 Å². The second-order valence-corrected chi connectivity index (χ2v) is 4.30. The standard InChI is InChI=1S/C13H19NO/c1-2-14-9-8-12(10-14)13(15)11-6-4-3-5-7-11/h3-7,12-13,15H,2,8-10H2,1H3/t12-,13-/m1/s1. The van der Waals surface area contributed by atoms with Gasteiger partial charge in [-0.05, 0) is 25.1 Å². The van der Waals surface area contributed by atoms with Gasteiger partial charge in [-0.1, -0.05) is 37.3 Å². The maximum absolute atomic E-state index is 10.2. The summed E-state index contributed by atoms with van der Waals surface area (Å²) in [6.45, 7) is 5.44. The summed E-state index contributed by atoms with van der Waals surface area (Å²) >= 11 is 0. The van der Waals surface area contributed by atoms with Crippen LogP contribution < -0.4 is 0 Å². The van der Waals surface area contributed by atoms with Gasteiger partial charge in [0.05, 0.1) is 6.10 Å². The molecule has 0 aliphatic carbocycles. The van der Waals surface area contributed by atoms with Gasteiger partial charge in [0.2, 0.25) is 0 Å². The summed E-state index contributed by atoms with van der Waals surface area (Å²) in [5.41, 5.74) is 1.06. The zero-order valence-electron chi connectivity index (χ0n) is 9.26. The third-order valence-electron chi connectivity index (χ3n) is 3.34. The molecule has 0 bridgehead atoms. The Morgan fingerprint density at radius 3 is 2.73 bits per heavy atom. The van der Waals surface area contributed by atoms with Crippen molar-refractivity contribution in [1.29, 1.82) is 0 Å². The highest BCUT2D eigenvalue weighted by atomic mass is 16.3. The molecule has 2 atom stereocenters. The lowest BCUT2D eigenvalue weighted by Gasteiger charge is -2.19. The summed E-state index contributed by atoms with van der Waals surface area (Å²) in [6.07, 6.45) is 0.826. The second kappa shape index (κ2) is 4.77. The van der Waals surface area contributed by atoms with E-state index in [9.17, 15) is 5.11 Å². The first-order valence-corrected chi connectivity index (χ1v) is 5.76. The zero-order chi connectivity index (χ0) is 10.7. The van der Waals surface area contributed by atoms with E-state index in [4.69, 9.17) is 0 Å². The molecule has 0 amide bonds. The number of hydrogen-bond acceptors (Lipinski definition) is 2. The molecule has 1 N–H and O–H groups in total. The highest BCUT2D eigenvalue weighted by Crippen LogP contribution is 2.29. The van der Waals surface area contributed by atoms with Gasteiger partial charge in [0.15, 0.2) is 0 Å². The molecule has 0 aromatic heterocycles. The van der Waals surface area contributed by atoms with Crippen molar-refractivity contribution in [2.45, 2.75) is 19.4 Å². The highest BCUT2D eigenvalue weighted by molar-refractivity contribution is 5.18. The van der Waals surface area contributed by atoms with E-state index < -0.39 is 0 Å². The monoisotopic (exact) mass is 205 g/mol. The predicted molar refractivity (Wildman–Crippen MR) is 61.6 cm³/mol. The fraction of sp³-hybridized carbons (Fsp3) is 0.538. The quantitative estimate of drug-likeness (QED) is 0.816. The summed E-state index contributed by atoms with van der Waals surface area (Å²) in [4.78, 5) is 2.40. The van der Waals surface area contributed by atoms with Crippen molar-refractivity contribution in [2.75, 3.05) is 19.6 Å². The molecule has 0 unspecified atom stereocenters. The molecule has 2 nitrogen and oxygen atoms in total. The van der Waals surface area contributed by atoms with Crippen LogP contribution in [0.25, 0.3) is 0 Å². The first-order valence-electron chi connectivity index (χ1n) is 5.76. The Balaban J connectivity index is 2.00. The minimum absolute atomic E-state index is 0.289. The van der Waals surface area contributed by atoms with E-state index in [1.54, 1.807) is 0 Å². The van der Waals surface area contributed by atoms with Crippen LogP contribution in [0.4, 0.5) is 0 Å². The molecule has 1 aliphatic heterocycles. The van der Waals surface area contributed by atoms with Gasteiger partial charge in [-0.3, -0.25) is 0 Å². The average molecular weight is 205 g/mol. The van der Waals surface area contributed by atoms with Gasteiger partial charge in [0, 0.05) is 12.5 Å². The first-order chi connectivity index (χ1) is 7.31. The number of rotatable bonds is 3. The largest absolute Gasteiger partial charge is 0.388 e. The fourth-order valence-electron chi connectivity index (χ4n) is 2.33. The summed E-state index contributed by atoms with van der Waals surface area (Å²) in [7, 11) is 0. The van der Waals surface area contributed by atoms with E-state index in [0.717, 1.165) is 31.6 Å². The molecule has 0 radical (unpaired) electrons. The molecule has 1 aromatic carbocycles. The van der Waals surface area contributed by atoms with E-state index in [1.807, 2.05) is 30.3 Å². The van der Waals surface area contributed by atoms with Crippen molar-refractivity contribution in [1.82, 2.24) is 4.90 Å². The van der Waals surface area contributed by atoms with Crippen LogP contribution in [-0.4, -0.2) is 29.6 Å². The van der Waals surface area contributed by atoms with Gasteiger partial charge in [-0.2, -0.15) is 0 Å². The molecular formula is C13H19NO. The van der Waals surface area contributed by atoms with Gasteiger partial charge >= 0.3 is 0 Å². The molecule has 0 spiro atoms. The molecule has 1 heterocycles. The van der Waals surface area contributed by atoms with Crippen LogP contribution in [0, 0.1) is 5.92 Å². The van der Waals surface area contributed by atoms with Gasteiger partial charge in [-0.15, -0.1) is 0 Å². The highest BCUT2D eigenvalue weighted by Gasteiger charge is 2.28. The number of hydrogen-bond donors (Lipinski definition) is 1. The van der Waals surface area contributed by atoms with Crippen molar-refractivity contribution < 1.29 is 5.11 Å². The zero-order valence-corrected chi connectivity index (χ0v) is 9.26. The van der Waals surface area contributed by atoms with E-state index in [2.05, 4.69) is 11.8 Å². The summed E-state index contributed by atoms with van der Waals surface area (Å²) in [5.74, 6) is 0.410. The molecular weight excluding hydrogens is 186 g/mol. The fourth-order valence-corrected chi connectivity index (χ4v) is 2.33. The molecule has 82 valence electrons. The van der Waals surface area contributed by atoms with E-state index in [-0.39, 0.29) is 6.10 Å². The van der Waals surface area contributed by atoms with Gasteiger partial charge < -0.3 is 10.0 Å². The van der Waals surface area contributed by atoms with Crippen LogP contribution in [0.5, 0.6) is 0 Å². The van der Waals surface area contributed by atoms with Crippen LogP contribution in [0.1, 0.15) is 25.0 Å². The number of aliphatic hydroxyl groups excluding tert-OH is 1. The summed E-state index contributed by atoms with van der Waals surface area (Å²) in [6, 6.07) is 10.00. The van der Waals surface area contributed by atoms with Crippen molar-refractivity contribution in [3.63, 3.8) is 0 Å². The minimum Gasteiger partial charge on any atom is -0.388 e. The molecule has 0 saturated carbocycles. The minimum atomic E-state index is -0.289. The first kappa shape index (κ1) is 10.7. The third kappa shape index (κ3) is 2.39. The summed E-state index contributed by atoms with van der Waals surface area (Å²) in [5, 5.41) is 10.2. The van der Waals surface area contributed by atoms with Crippen molar-refractivity contribution in [3.05, 3.63) is 35.9 Å². The summed E-state index contributed by atoms with van der Waals surface area (Å²) < 4.78 is 0. The predicted octanol–water partition coefficient (Wildman–Crippen LogP) is 2.06. The molecule has 1 fully saturated rings. The van der Waals surface area contributed by atoms with Crippen molar-refractivity contribution in [2.24, 2.45) is 5.92 Å². The van der Waals surface area contributed by atoms with E-state index in [1.165, 1.54) is 0 Å². The Kier molecular flexibility index (Phi) is 3.39. The smallest absolute Gasteiger partial charge is 0.0830 e. The van der Waals surface area contributed by atoms with Gasteiger partial charge in [0.1, 0.15) is 0 Å². The second-order valence-electron chi connectivity index (χ2n) is 4.30. The van der Waals surface area contributed by atoms with Crippen LogP contribution in [0.2, 0.25) is 0 Å². The molecule has 1 saturated heterocycles. The molecule has 2 rings (SSSR count). The Labute approximate surface area is 91.5 Å². The van der Waals surface area contributed by atoms with Crippen LogP contribution in [0.3, 0.4) is 0 Å². The van der Waals surface area contributed by atoms with E-state index >= 15 is 0 Å². The number of benzene rings is 1. The SMILES string of the molecule is CCN1CC[C@@H]([C@H](O)c2ccccc2)C1. The molecule has 2 heteroatoms. The normalized spacial score (nSPS) is 24.3. The van der Waals surface area contributed by atoms with Crippen LogP contribution in [-0.2, 0) is 0 Å². The Morgan fingerprint density at radius 1 is 1.40 bits per heavy atom. The number of aliphatic hydroxyl groups is 1. The Bertz CT molecular complexity index is 299. The van der Waals surface area contributed by atoms with Crippen LogP contribution in [0.15, 0.2) is 30.3 Å². The van der Waals surface area contributed by atoms with Crippen LogP contribution >= 0.6 is 0 Å². The average Bonchev–Trinajstić information content (AvgIpc) is 2.78. The van der Waals surface area contributed by atoms with Gasteiger partial charge in [-0.25, -0.2) is 0 Å². The lowest BCUT2D eigenvalue weighted by Crippen LogP contribution is -2.22. The lowest BCUT2D eigenvalue weighted by atomic mass is 9.95. The van der Waals surface area contributed by atoms with Crippen molar-refractivity contribution >= 4 is 0 Å². The maximum Gasteiger partial charge on any atom is 0.0830 e.